The minimum absolute atomic E-state index is 0.234. The Hall–Kier alpha value is -3.01. The van der Waals surface area contributed by atoms with E-state index in [0.717, 1.165) is 10.6 Å². The van der Waals surface area contributed by atoms with E-state index in [1.807, 2.05) is 0 Å². The van der Waals surface area contributed by atoms with Crippen molar-refractivity contribution in [2.75, 3.05) is 38.0 Å². The number of urea groups is 1. The number of thiazole rings is 1. The number of aromatic nitrogens is 1. The van der Waals surface area contributed by atoms with Gasteiger partial charge in [-0.3, -0.25) is 5.32 Å². The Morgan fingerprint density at radius 2 is 2.07 bits per heavy atom. The molecule has 9 nitrogen and oxygen atoms in total. The van der Waals surface area contributed by atoms with Gasteiger partial charge >= 0.3 is 12.1 Å². The van der Waals surface area contributed by atoms with Crippen molar-refractivity contribution < 1.29 is 23.8 Å². The summed E-state index contributed by atoms with van der Waals surface area (Å²) in [6, 6.07) is 4.96. The molecule has 0 fully saturated rings. The molecule has 10 heteroatoms. The number of hydrogen-bond donors (Lipinski definition) is 2. The van der Waals surface area contributed by atoms with Gasteiger partial charge < -0.3 is 24.4 Å². The molecule has 1 aromatic carbocycles. The van der Waals surface area contributed by atoms with Crippen molar-refractivity contribution in [3.05, 3.63) is 28.8 Å². The number of nitrogens with zero attached hydrogens (tertiary/aromatic N) is 2. The summed E-state index contributed by atoms with van der Waals surface area (Å²) in [7, 11) is 3.10. The molecule has 0 bridgehead atoms. The maximum atomic E-state index is 12.7. The number of anilines is 2. The number of nitrogens with one attached hydrogen (secondary N) is 2. The number of benzene rings is 1. The number of fused-ring (bicyclic) bond motifs is 1. The molecule has 0 radical (unpaired) electrons. The highest BCUT2D eigenvalue weighted by Crippen LogP contribution is 2.31. The lowest BCUT2D eigenvalue weighted by molar-refractivity contribution is 0.168. The number of ether oxygens (including phenoxy) is 3. The van der Waals surface area contributed by atoms with Gasteiger partial charge in [-0.1, -0.05) is 11.3 Å². The van der Waals surface area contributed by atoms with Gasteiger partial charge in [-0.2, -0.15) is 0 Å². The van der Waals surface area contributed by atoms with Crippen molar-refractivity contribution in [1.82, 2.24) is 9.88 Å². The van der Waals surface area contributed by atoms with E-state index in [2.05, 4.69) is 15.6 Å². The van der Waals surface area contributed by atoms with Crippen LogP contribution in [0.4, 0.5) is 20.4 Å². The van der Waals surface area contributed by atoms with Crippen molar-refractivity contribution in [3.63, 3.8) is 0 Å². The monoisotopic (exact) mass is 406 g/mol. The maximum absolute atomic E-state index is 12.7. The molecule has 0 spiro atoms. The number of rotatable bonds is 5. The van der Waals surface area contributed by atoms with Crippen LogP contribution in [0, 0.1) is 0 Å². The van der Waals surface area contributed by atoms with E-state index >= 15 is 0 Å². The van der Waals surface area contributed by atoms with E-state index in [4.69, 9.17) is 14.2 Å². The number of amides is 3. The molecule has 2 heterocycles. The summed E-state index contributed by atoms with van der Waals surface area (Å²) in [5.41, 5.74) is 1.45. The Kier molecular flexibility index (Phi) is 6.19. The summed E-state index contributed by atoms with van der Waals surface area (Å²) >= 11 is 1.34. The first-order valence-corrected chi connectivity index (χ1v) is 9.56. The molecule has 0 atom stereocenters. The molecule has 0 saturated carbocycles. The van der Waals surface area contributed by atoms with Crippen molar-refractivity contribution >= 4 is 34.3 Å². The van der Waals surface area contributed by atoms with Crippen LogP contribution in [0.5, 0.6) is 11.5 Å². The number of methoxy groups -OCH3 is 2. The topological polar surface area (TPSA) is 102 Å². The molecule has 0 aliphatic carbocycles. The molecule has 150 valence electrons. The Bertz CT molecular complexity index is 870. The van der Waals surface area contributed by atoms with E-state index in [1.165, 1.54) is 18.4 Å². The van der Waals surface area contributed by atoms with Gasteiger partial charge in [-0.15, -0.1) is 0 Å². The Balaban J connectivity index is 1.66. The van der Waals surface area contributed by atoms with E-state index < -0.39 is 6.09 Å². The van der Waals surface area contributed by atoms with Crippen LogP contribution in [0.1, 0.15) is 17.5 Å². The van der Waals surface area contributed by atoms with E-state index in [1.54, 1.807) is 37.1 Å². The zero-order valence-corrected chi connectivity index (χ0v) is 16.7. The van der Waals surface area contributed by atoms with Crippen LogP contribution >= 0.6 is 11.3 Å². The highest BCUT2D eigenvalue weighted by molar-refractivity contribution is 7.15. The molecule has 2 N–H and O–H groups in total. The third-order valence-electron chi connectivity index (χ3n) is 4.15. The van der Waals surface area contributed by atoms with Crippen LogP contribution in [-0.4, -0.2) is 49.4 Å². The average Bonchev–Trinajstić information content (AvgIpc) is 3.09. The second kappa shape index (κ2) is 8.79. The van der Waals surface area contributed by atoms with Crippen molar-refractivity contribution in [3.8, 4) is 11.5 Å². The lowest BCUT2D eigenvalue weighted by Crippen LogP contribution is -2.38. The second-order valence-corrected chi connectivity index (χ2v) is 6.99. The highest BCUT2D eigenvalue weighted by Gasteiger charge is 2.25. The van der Waals surface area contributed by atoms with Crippen molar-refractivity contribution in [1.29, 1.82) is 0 Å². The largest absolute Gasteiger partial charge is 0.497 e. The summed E-state index contributed by atoms with van der Waals surface area (Å²) in [6.07, 6.45) is 0.0820. The lowest BCUT2D eigenvalue weighted by atomic mass is 10.2. The minimum Gasteiger partial charge on any atom is -0.497 e. The van der Waals surface area contributed by atoms with Gasteiger partial charge in [-0.05, 0) is 19.1 Å². The molecule has 3 amide bonds. The van der Waals surface area contributed by atoms with Crippen LogP contribution in [0.2, 0.25) is 0 Å². The van der Waals surface area contributed by atoms with Crippen LogP contribution < -0.4 is 20.1 Å². The third kappa shape index (κ3) is 4.45. The molecule has 1 aromatic heterocycles. The fraction of sp³-hybridized carbons (Fsp3) is 0.389. The number of carbonyl (C=O) groups is 2. The minimum atomic E-state index is -0.533. The summed E-state index contributed by atoms with van der Waals surface area (Å²) in [5.74, 6) is 1.16. The molecular formula is C18H22N4O5S. The average molecular weight is 406 g/mol. The number of hydrogen-bond acceptors (Lipinski definition) is 7. The fourth-order valence-corrected chi connectivity index (χ4v) is 3.78. The first-order valence-electron chi connectivity index (χ1n) is 8.74. The maximum Gasteiger partial charge on any atom is 0.413 e. The molecule has 0 saturated heterocycles. The Morgan fingerprint density at radius 3 is 2.79 bits per heavy atom. The van der Waals surface area contributed by atoms with Gasteiger partial charge in [0.25, 0.3) is 0 Å². The number of carbonyl (C=O) groups excluding carboxylic acids is 2. The third-order valence-corrected chi connectivity index (χ3v) is 5.15. The van der Waals surface area contributed by atoms with Gasteiger partial charge in [0.2, 0.25) is 0 Å². The standard InChI is InChI=1S/C18H22N4O5S/c1-4-27-18(24)21-16-19-13-7-8-22(10-15(13)28-16)17(23)20-12-6-5-11(25-2)9-14(12)26-3/h5-6,9H,4,7-8,10H2,1-3H3,(H,20,23)(H,19,21,24). The predicted octanol–water partition coefficient (Wildman–Crippen LogP) is 3.32. The van der Waals surface area contributed by atoms with Crippen LogP contribution in [0.25, 0.3) is 0 Å². The SMILES string of the molecule is CCOC(=O)Nc1nc2c(s1)CN(C(=O)Nc1ccc(OC)cc1OC)CC2. The smallest absolute Gasteiger partial charge is 0.413 e. The molecule has 2 aromatic rings. The summed E-state index contributed by atoms with van der Waals surface area (Å²) in [6.45, 7) is 2.97. The summed E-state index contributed by atoms with van der Waals surface area (Å²) in [5, 5.41) is 5.95. The van der Waals surface area contributed by atoms with Crippen LogP contribution in [-0.2, 0) is 17.7 Å². The van der Waals surface area contributed by atoms with Crippen molar-refractivity contribution in [2.45, 2.75) is 19.9 Å². The van der Waals surface area contributed by atoms with E-state index in [-0.39, 0.29) is 6.03 Å². The van der Waals surface area contributed by atoms with E-state index in [0.29, 0.717) is 48.4 Å². The van der Waals surface area contributed by atoms with Gasteiger partial charge in [-0.25, -0.2) is 14.6 Å². The lowest BCUT2D eigenvalue weighted by Gasteiger charge is -2.26. The Morgan fingerprint density at radius 1 is 1.25 bits per heavy atom. The van der Waals surface area contributed by atoms with Gasteiger partial charge in [0.1, 0.15) is 11.5 Å². The summed E-state index contributed by atoms with van der Waals surface area (Å²) < 4.78 is 15.4. The quantitative estimate of drug-likeness (QED) is 0.790. The van der Waals surface area contributed by atoms with E-state index in [9.17, 15) is 9.59 Å². The molecule has 0 unspecified atom stereocenters. The molecular weight excluding hydrogens is 384 g/mol. The normalized spacial score (nSPS) is 12.8. The van der Waals surface area contributed by atoms with Gasteiger partial charge in [0.15, 0.2) is 5.13 Å². The van der Waals surface area contributed by atoms with Gasteiger partial charge in [0, 0.05) is 23.9 Å². The molecule has 1 aliphatic heterocycles. The first kappa shape index (κ1) is 19.7. The molecule has 3 rings (SSSR count). The second-order valence-electron chi connectivity index (χ2n) is 5.90. The van der Waals surface area contributed by atoms with Crippen molar-refractivity contribution in [2.24, 2.45) is 0 Å². The van der Waals surface area contributed by atoms with Crippen LogP contribution in [0.15, 0.2) is 18.2 Å². The van der Waals surface area contributed by atoms with Gasteiger partial charge in [0.05, 0.1) is 38.8 Å². The molecule has 28 heavy (non-hydrogen) atoms. The highest BCUT2D eigenvalue weighted by atomic mass is 32.1. The molecule has 1 aliphatic rings. The van der Waals surface area contributed by atoms with Crippen LogP contribution in [0.3, 0.4) is 0 Å². The Labute approximate surface area is 166 Å². The summed E-state index contributed by atoms with van der Waals surface area (Å²) in [4.78, 5) is 31.3. The first-order chi connectivity index (χ1) is 13.5. The fourth-order valence-electron chi connectivity index (χ4n) is 2.77. The zero-order chi connectivity index (χ0) is 20.1. The predicted molar refractivity (Wildman–Crippen MR) is 105 cm³/mol. The zero-order valence-electron chi connectivity index (χ0n) is 15.9.